The zero-order chi connectivity index (χ0) is 46.4. The Labute approximate surface area is 424 Å². The van der Waals surface area contributed by atoms with Gasteiger partial charge in [-0.2, -0.15) is 0 Å². The second kappa shape index (κ2) is 27.5. The first-order chi connectivity index (χ1) is 32.1. The number of para-hydroxylation sites is 4. The predicted octanol–water partition coefficient (Wildman–Crippen LogP) is 6.15. The van der Waals surface area contributed by atoms with Crippen LogP contribution >= 0.6 is 0 Å². The van der Waals surface area contributed by atoms with Crippen molar-refractivity contribution >= 4 is 45.6 Å². The maximum atomic E-state index is 13.6. The van der Waals surface area contributed by atoms with Gasteiger partial charge in [-0.05, 0) is 96.4 Å². The molecule has 4 aromatic rings. The number of piperidine rings is 2. The number of carbonyl (C=O) groups is 2. The third kappa shape index (κ3) is 14.8. The van der Waals surface area contributed by atoms with E-state index in [1.165, 1.54) is 89.9 Å². The number of carboxylic acids is 1. The quantitative estimate of drug-likeness (QED) is 0.102. The van der Waals surface area contributed by atoms with E-state index in [4.69, 9.17) is 9.84 Å². The number of aliphatic carboxylic acids is 1. The summed E-state index contributed by atoms with van der Waals surface area (Å²) in [5, 5.41) is 15.3. The molecule has 8 rings (SSSR count). The Morgan fingerprint density at radius 2 is 0.971 bits per heavy atom. The molecule has 0 spiro atoms. The Balaban J connectivity index is 0.000000247. The number of esters is 1. The summed E-state index contributed by atoms with van der Waals surface area (Å²) < 4.78 is 8.92. The van der Waals surface area contributed by atoms with Gasteiger partial charge in [-0.3, -0.25) is 19.2 Å². The third-order valence-corrected chi connectivity index (χ3v) is 14.5. The number of carboxylic acid groups (broad SMARTS) is 1. The number of benzene rings is 2. The molecule has 2 aromatic heterocycles. The number of carbonyl (C=O) groups excluding carboxylic acids is 1. The summed E-state index contributed by atoms with van der Waals surface area (Å²) in [6.45, 7) is 9.93. The fourth-order valence-corrected chi connectivity index (χ4v) is 11.1. The van der Waals surface area contributed by atoms with Crippen molar-refractivity contribution in [2.24, 2.45) is 0 Å². The number of ether oxygens (including phenoxy) is 1. The Hall–Kier alpha value is -3.86. The minimum Gasteiger partial charge on any atom is -0.870 e. The van der Waals surface area contributed by atoms with E-state index in [-0.39, 0.29) is 94.9 Å². The molecule has 2 aromatic carbocycles. The number of aromatic nitrogens is 4. The van der Waals surface area contributed by atoms with E-state index in [0.29, 0.717) is 24.5 Å². The molecular formula is C52H77N8NaO7. The molecule has 4 fully saturated rings. The molecule has 16 heteroatoms. The van der Waals surface area contributed by atoms with E-state index >= 15 is 0 Å². The minimum atomic E-state index is -0.896. The van der Waals surface area contributed by atoms with E-state index in [9.17, 15) is 19.2 Å². The van der Waals surface area contributed by atoms with E-state index in [1.54, 1.807) is 13.8 Å². The number of fused-ring (bicyclic) bond motifs is 2. The van der Waals surface area contributed by atoms with Gasteiger partial charge in [0, 0.05) is 62.4 Å². The van der Waals surface area contributed by atoms with Crippen LogP contribution in [0.1, 0.15) is 161 Å². The fourth-order valence-electron chi connectivity index (χ4n) is 11.1. The molecule has 368 valence electrons. The molecule has 4 heterocycles. The molecule has 2 aliphatic heterocycles. The minimum absolute atomic E-state index is 0. The van der Waals surface area contributed by atoms with Gasteiger partial charge in [-0.1, -0.05) is 88.5 Å². The normalized spacial score (nSPS) is 19.6. The molecule has 2 unspecified atom stereocenters. The summed E-state index contributed by atoms with van der Waals surface area (Å²) in [5.74, 6) is -0.601. The maximum Gasteiger partial charge on any atom is 1.00 e. The molecule has 15 nitrogen and oxygen atoms in total. The first-order valence-electron chi connectivity index (χ1n) is 25.5. The number of rotatable bonds is 13. The molecule has 2 aliphatic carbocycles. The Bertz CT molecular complexity index is 2310. The summed E-state index contributed by atoms with van der Waals surface area (Å²) in [6, 6.07) is 16.7. The van der Waals surface area contributed by atoms with Crippen molar-refractivity contribution in [1.29, 1.82) is 0 Å². The monoisotopic (exact) mass is 949 g/mol. The van der Waals surface area contributed by atoms with Crippen molar-refractivity contribution in [3.8, 4) is 0 Å². The molecule has 4 N–H and O–H groups in total. The largest absolute Gasteiger partial charge is 1.00 e. The number of hydrogen-bond acceptors (Lipinski definition) is 12. The van der Waals surface area contributed by atoms with Crippen molar-refractivity contribution in [2.45, 2.75) is 185 Å². The van der Waals surface area contributed by atoms with Crippen LogP contribution in [0.5, 0.6) is 0 Å². The number of nitrogens with zero attached hydrogens (tertiary/aromatic N) is 6. The van der Waals surface area contributed by atoms with Gasteiger partial charge < -0.3 is 44.9 Å². The molecule has 0 radical (unpaired) electrons. The number of nitrogens with one attached hydrogen (secondary N) is 2. The van der Waals surface area contributed by atoms with Crippen LogP contribution in [-0.2, 0) is 14.3 Å². The van der Waals surface area contributed by atoms with E-state index < -0.39 is 5.97 Å². The van der Waals surface area contributed by atoms with Crippen LogP contribution in [0.4, 0.5) is 11.6 Å². The molecule has 2 saturated heterocycles. The third-order valence-electron chi connectivity index (χ3n) is 14.5. The standard InChI is InChI=1S/C27H40N4O3.C25H36N4O3.Na.H2O/c1-3-34-25(32)19-20(2)28-26-27(33)31(24-14-10-9-13-23(24)29-26)22-15-17-30(18-16-22)21-11-7-5-4-6-8-12-21;1-18(17-23(30)31)26-24-25(32)29(22-12-8-7-11-21(22)27-24)20-13-15-28(16-14-20)19-9-5-3-2-4-6-10-19;;/h9-10,13-14,20-22H,3-8,11-12,15-19H2,1-2H3,(H,28,29);7-8,11-12,18-20H,2-6,9-10,13-17H2,1H3,(H,26,27)(H,30,31);;1H2/q;;+1;/p-1. The van der Waals surface area contributed by atoms with Crippen LogP contribution in [-0.4, -0.2) is 108 Å². The van der Waals surface area contributed by atoms with Gasteiger partial charge in [-0.15, -0.1) is 0 Å². The van der Waals surface area contributed by atoms with E-state index in [0.717, 1.165) is 73.9 Å². The van der Waals surface area contributed by atoms with Crippen LogP contribution in [0.25, 0.3) is 22.1 Å². The van der Waals surface area contributed by atoms with E-state index in [2.05, 4.69) is 30.4 Å². The Morgan fingerprint density at radius 3 is 1.35 bits per heavy atom. The zero-order valence-corrected chi connectivity index (χ0v) is 43.4. The van der Waals surface area contributed by atoms with Gasteiger partial charge in [0.05, 0.1) is 41.5 Å². The molecule has 2 saturated carbocycles. The first-order valence-corrected chi connectivity index (χ1v) is 25.5. The topological polar surface area (TPSA) is 194 Å². The van der Waals surface area contributed by atoms with Crippen molar-refractivity contribution in [3.63, 3.8) is 0 Å². The average molecular weight is 949 g/mol. The van der Waals surface area contributed by atoms with Gasteiger partial charge in [-0.25, -0.2) is 9.97 Å². The van der Waals surface area contributed by atoms with Gasteiger partial charge in [0.25, 0.3) is 11.1 Å². The van der Waals surface area contributed by atoms with Crippen LogP contribution in [0.2, 0.25) is 0 Å². The van der Waals surface area contributed by atoms with Crippen molar-refractivity contribution < 1.29 is 54.5 Å². The van der Waals surface area contributed by atoms with Crippen LogP contribution in [0.3, 0.4) is 0 Å². The summed E-state index contributed by atoms with van der Waals surface area (Å²) in [7, 11) is 0. The Morgan fingerprint density at radius 1 is 0.603 bits per heavy atom. The molecule has 0 bridgehead atoms. The smallest absolute Gasteiger partial charge is 0.870 e. The molecule has 4 aliphatic rings. The van der Waals surface area contributed by atoms with Gasteiger partial charge >= 0.3 is 41.5 Å². The summed E-state index contributed by atoms with van der Waals surface area (Å²) in [5.41, 5.74) is 3.07. The van der Waals surface area contributed by atoms with Crippen molar-refractivity contribution in [1.82, 2.24) is 28.9 Å². The maximum absolute atomic E-state index is 13.6. The number of hydrogen-bond donors (Lipinski definition) is 3. The van der Waals surface area contributed by atoms with Crippen LogP contribution < -0.4 is 51.3 Å². The summed E-state index contributed by atoms with van der Waals surface area (Å²) >= 11 is 0. The second-order valence-corrected chi connectivity index (χ2v) is 19.5. The molecule has 2 atom stereocenters. The van der Waals surface area contributed by atoms with Gasteiger partial charge in [0.1, 0.15) is 0 Å². The second-order valence-electron chi connectivity index (χ2n) is 19.5. The Kier molecular flexibility index (Phi) is 22.3. The molecular weight excluding hydrogens is 872 g/mol. The van der Waals surface area contributed by atoms with Gasteiger partial charge in [0.2, 0.25) is 0 Å². The van der Waals surface area contributed by atoms with Crippen LogP contribution in [0, 0.1) is 0 Å². The van der Waals surface area contributed by atoms with Gasteiger partial charge in [0.15, 0.2) is 11.6 Å². The summed E-state index contributed by atoms with van der Waals surface area (Å²) in [6.07, 6.45) is 22.8. The first kappa shape index (κ1) is 55.1. The fraction of sp³-hybridized carbons (Fsp3) is 0.654. The zero-order valence-electron chi connectivity index (χ0n) is 41.4. The van der Waals surface area contributed by atoms with Crippen molar-refractivity contribution in [3.05, 3.63) is 69.2 Å². The van der Waals surface area contributed by atoms with Crippen LogP contribution in [0.15, 0.2) is 58.1 Å². The van der Waals surface area contributed by atoms with E-state index in [1.807, 2.05) is 64.6 Å². The average Bonchev–Trinajstić information content (AvgIpc) is 3.27. The molecule has 0 amide bonds. The SMILES string of the molecule is CC(CC(=O)O)Nc1nc2ccccc2n(C2CCN(C3CCCCCCC3)CC2)c1=O.CCOC(=O)CC(C)Nc1nc2ccccc2n(C2CCN(C3CCCCCCC3)CC2)c1=O.[Na+].[OH-]. The number of likely N-dealkylation sites (tertiary alicyclic amines) is 2. The number of anilines is 2. The molecule has 68 heavy (non-hydrogen) atoms. The summed E-state index contributed by atoms with van der Waals surface area (Å²) in [4.78, 5) is 64.5. The van der Waals surface area contributed by atoms with Crippen molar-refractivity contribution in [2.75, 3.05) is 43.4 Å². The predicted molar refractivity (Wildman–Crippen MR) is 266 cm³/mol.